The molecule has 0 bridgehead atoms. The summed E-state index contributed by atoms with van der Waals surface area (Å²) in [6, 6.07) is 0. The summed E-state index contributed by atoms with van der Waals surface area (Å²) in [5, 5.41) is 10.1. The summed E-state index contributed by atoms with van der Waals surface area (Å²) in [6.07, 6.45) is 3.39. The van der Waals surface area contributed by atoms with Gasteiger partial charge in [-0.3, -0.25) is 4.79 Å². The molecule has 0 amide bonds. The van der Waals surface area contributed by atoms with Gasteiger partial charge in [0.05, 0.1) is 18.6 Å². The van der Waals surface area contributed by atoms with E-state index in [-0.39, 0.29) is 5.97 Å². The third-order valence-corrected chi connectivity index (χ3v) is 2.69. The standard InChI is InChI=1S/C12H22O3/c1-9(2)7-6-8-12(4,14)10(3)11(13)15-5/h7,10,14H,6,8H2,1-5H3. The highest BCUT2D eigenvalue weighted by Crippen LogP contribution is 2.24. The third kappa shape index (κ3) is 4.98. The van der Waals surface area contributed by atoms with Gasteiger partial charge in [-0.25, -0.2) is 0 Å². The molecule has 0 saturated heterocycles. The molecule has 0 aliphatic carbocycles. The summed E-state index contributed by atoms with van der Waals surface area (Å²) < 4.78 is 4.61. The molecule has 0 aromatic rings. The Bertz CT molecular complexity index is 237. The molecule has 1 N–H and O–H groups in total. The number of carbonyl (C=O) groups is 1. The first kappa shape index (κ1) is 14.2. The first-order valence-corrected chi connectivity index (χ1v) is 5.25. The second kappa shape index (κ2) is 5.91. The quantitative estimate of drug-likeness (QED) is 0.564. The SMILES string of the molecule is COC(=O)C(C)C(C)(O)CCC=C(C)C. The van der Waals surface area contributed by atoms with Crippen LogP contribution in [0.15, 0.2) is 11.6 Å². The van der Waals surface area contributed by atoms with E-state index in [1.165, 1.54) is 12.7 Å². The first-order valence-electron chi connectivity index (χ1n) is 5.25. The fraction of sp³-hybridized carbons (Fsp3) is 0.750. The van der Waals surface area contributed by atoms with E-state index in [2.05, 4.69) is 10.8 Å². The normalized spacial score (nSPS) is 16.4. The third-order valence-electron chi connectivity index (χ3n) is 2.69. The highest BCUT2D eigenvalue weighted by Gasteiger charge is 2.33. The van der Waals surface area contributed by atoms with E-state index in [0.717, 1.165) is 6.42 Å². The van der Waals surface area contributed by atoms with E-state index in [1.54, 1.807) is 13.8 Å². The van der Waals surface area contributed by atoms with Crippen molar-refractivity contribution >= 4 is 5.97 Å². The summed E-state index contributed by atoms with van der Waals surface area (Å²) in [5.74, 6) is -0.856. The zero-order valence-corrected chi connectivity index (χ0v) is 10.3. The van der Waals surface area contributed by atoms with Crippen molar-refractivity contribution in [1.29, 1.82) is 0 Å². The second-order valence-corrected chi connectivity index (χ2v) is 4.42. The van der Waals surface area contributed by atoms with Gasteiger partial charge in [-0.2, -0.15) is 0 Å². The van der Waals surface area contributed by atoms with Crippen molar-refractivity contribution in [1.82, 2.24) is 0 Å². The molecule has 2 unspecified atom stereocenters. The molecule has 0 rings (SSSR count). The van der Waals surface area contributed by atoms with Gasteiger partial charge in [0.25, 0.3) is 0 Å². The lowest BCUT2D eigenvalue weighted by atomic mass is 9.86. The molecule has 0 fully saturated rings. The molecule has 0 aromatic carbocycles. The topological polar surface area (TPSA) is 46.5 Å². The summed E-state index contributed by atoms with van der Waals surface area (Å²) in [4.78, 5) is 11.3. The van der Waals surface area contributed by atoms with E-state index < -0.39 is 11.5 Å². The number of carbonyl (C=O) groups excluding carboxylic acids is 1. The van der Waals surface area contributed by atoms with E-state index >= 15 is 0 Å². The van der Waals surface area contributed by atoms with Crippen LogP contribution in [0.4, 0.5) is 0 Å². The lowest BCUT2D eigenvalue weighted by Crippen LogP contribution is -2.38. The molecule has 88 valence electrons. The van der Waals surface area contributed by atoms with Crippen LogP contribution in [0.2, 0.25) is 0 Å². The van der Waals surface area contributed by atoms with E-state index in [4.69, 9.17) is 0 Å². The number of rotatable bonds is 5. The van der Waals surface area contributed by atoms with Crippen LogP contribution in [0.25, 0.3) is 0 Å². The minimum absolute atomic E-state index is 0.364. The molecule has 0 aliphatic heterocycles. The number of methoxy groups -OCH3 is 1. The van der Waals surface area contributed by atoms with Crippen LogP contribution < -0.4 is 0 Å². The van der Waals surface area contributed by atoms with Crippen LogP contribution >= 0.6 is 0 Å². The van der Waals surface area contributed by atoms with Crippen molar-refractivity contribution in [3.63, 3.8) is 0 Å². The average molecular weight is 214 g/mol. The first-order chi connectivity index (χ1) is 6.81. The lowest BCUT2D eigenvalue weighted by Gasteiger charge is -2.27. The van der Waals surface area contributed by atoms with Gasteiger partial charge in [0.2, 0.25) is 0 Å². The predicted octanol–water partition coefficient (Wildman–Crippen LogP) is 2.29. The monoisotopic (exact) mass is 214 g/mol. The van der Waals surface area contributed by atoms with Crippen molar-refractivity contribution in [2.75, 3.05) is 7.11 Å². The highest BCUT2D eigenvalue weighted by molar-refractivity contribution is 5.73. The van der Waals surface area contributed by atoms with Crippen molar-refractivity contribution in [2.24, 2.45) is 5.92 Å². The Balaban J connectivity index is 4.28. The minimum atomic E-state index is -1.00. The number of hydrogen-bond acceptors (Lipinski definition) is 3. The fourth-order valence-electron chi connectivity index (χ4n) is 1.30. The Kier molecular flexibility index (Phi) is 5.58. The van der Waals surface area contributed by atoms with Crippen LogP contribution in [0.1, 0.15) is 40.5 Å². The van der Waals surface area contributed by atoms with Gasteiger partial charge in [0, 0.05) is 0 Å². The molecule has 0 saturated carbocycles. The van der Waals surface area contributed by atoms with Crippen LogP contribution in [0.5, 0.6) is 0 Å². The van der Waals surface area contributed by atoms with Gasteiger partial charge in [-0.15, -0.1) is 0 Å². The van der Waals surface area contributed by atoms with Gasteiger partial charge in [-0.1, -0.05) is 11.6 Å². The van der Waals surface area contributed by atoms with Crippen molar-refractivity contribution in [2.45, 2.75) is 46.1 Å². The van der Waals surface area contributed by atoms with Gasteiger partial charge >= 0.3 is 5.97 Å². The number of ether oxygens (including phenoxy) is 1. The molecule has 0 aliphatic rings. The maximum Gasteiger partial charge on any atom is 0.311 e. The van der Waals surface area contributed by atoms with E-state index in [9.17, 15) is 9.90 Å². The van der Waals surface area contributed by atoms with E-state index in [1.807, 2.05) is 13.8 Å². The predicted molar refractivity (Wildman–Crippen MR) is 60.5 cm³/mol. The molecule has 15 heavy (non-hydrogen) atoms. The molecule has 3 heteroatoms. The summed E-state index contributed by atoms with van der Waals surface area (Å²) >= 11 is 0. The molecule has 0 spiro atoms. The zero-order valence-electron chi connectivity index (χ0n) is 10.3. The Labute approximate surface area is 92.1 Å². The van der Waals surface area contributed by atoms with Crippen molar-refractivity contribution < 1.29 is 14.6 Å². The molecule has 3 nitrogen and oxygen atoms in total. The Morgan fingerprint density at radius 3 is 2.47 bits per heavy atom. The van der Waals surface area contributed by atoms with Crippen LogP contribution in [-0.4, -0.2) is 23.8 Å². The van der Waals surface area contributed by atoms with E-state index in [0.29, 0.717) is 6.42 Å². The van der Waals surface area contributed by atoms with Gasteiger partial charge < -0.3 is 9.84 Å². The second-order valence-electron chi connectivity index (χ2n) is 4.42. The van der Waals surface area contributed by atoms with Crippen LogP contribution in [-0.2, 0) is 9.53 Å². The van der Waals surface area contributed by atoms with Gasteiger partial charge in [0.15, 0.2) is 0 Å². The molecule has 0 radical (unpaired) electrons. The minimum Gasteiger partial charge on any atom is -0.469 e. The maximum absolute atomic E-state index is 11.3. The highest BCUT2D eigenvalue weighted by atomic mass is 16.5. The Hall–Kier alpha value is -0.830. The average Bonchev–Trinajstić information content (AvgIpc) is 2.14. The lowest BCUT2D eigenvalue weighted by molar-refractivity contribution is -0.153. The molecular weight excluding hydrogens is 192 g/mol. The van der Waals surface area contributed by atoms with Crippen molar-refractivity contribution in [3.05, 3.63) is 11.6 Å². The Morgan fingerprint density at radius 1 is 1.53 bits per heavy atom. The van der Waals surface area contributed by atoms with Crippen LogP contribution in [0.3, 0.4) is 0 Å². The number of esters is 1. The summed E-state index contributed by atoms with van der Waals surface area (Å²) in [6.45, 7) is 7.39. The maximum atomic E-state index is 11.3. The number of aliphatic hydroxyl groups is 1. The fourth-order valence-corrected chi connectivity index (χ4v) is 1.30. The number of hydrogen-bond donors (Lipinski definition) is 1. The molecular formula is C12H22O3. The van der Waals surface area contributed by atoms with Gasteiger partial charge in [-0.05, 0) is 40.5 Å². The number of allylic oxidation sites excluding steroid dienone is 2. The largest absolute Gasteiger partial charge is 0.469 e. The summed E-state index contributed by atoms with van der Waals surface area (Å²) in [5.41, 5.74) is 0.218. The molecule has 2 atom stereocenters. The smallest absolute Gasteiger partial charge is 0.311 e. The summed E-state index contributed by atoms with van der Waals surface area (Å²) in [7, 11) is 1.34. The van der Waals surface area contributed by atoms with Crippen molar-refractivity contribution in [3.8, 4) is 0 Å². The zero-order chi connectivity index (χ0) is 12.1. The molecule has 0 aromatic heterocycles. The van der Waals surface area contributed by atoms with Crippen LogP contribution in [0, 0.1) is 5.92 Å². The van der Waals surface area contributed by atoms with Gasteiger partial charge in [0.1, 0.15) is 0 Å². The molecule has 0 heterocycles. The Morgan fingerprint density at radius 2 is 2.07 bits per heavy atom.